The Hall–Kier alpha value is -4.78. The van der Waals surface area contributed by atoms with Crippen molar-refractivity contribution in [3.05, 3.63) is 114 Å². The number of carbonyl (C=O) groups is 1. The fourth-order valence-electron chi connectivity index (χ4n) is 7.07. The number of aromatic nitrogens is 4. The summed E-state index contributed by atoms with van der Waals surface area (Å²) < 4.78 is 37.1. The number of amides is 1. The summed E-state index contributed by atoms with van der Waals surface area (Å²) in [6.45, 7) is 3.47. The van der Waals surface area contributed by atoms with Crippen molar-refractivity contribution in [1.82, 2.24) is 24.5 Å². The molecule has 1 aliphatic heterocycles. The number of anilines is 2. The third kappa shape index (κ3) is 8.30. The van der Waals surface area contributed by atoms with Crippen LogP contribution in [-0.2, 0) is 19.6 Å². The molecule has 280 valence electrons. The van der Waals surface area contributed by atoms with Gasteiger partial charge < -0.3 is 10.1 Å². The molecule has 54 heavy (non-hydrogen) atoms. The zero-order chi connectivity index (χ0) is 36.6. The summed E-state index contributed by atoms with van der Waals surface area (Å²) in [6.07, 6.45) is 10.0. The van der Waals surface area contributed by atoms with E-state index in [1.165, 1.54) is 74.1 Å². The normalized spacial score (nSPS) is 18.8. The molecule has 0 unspecified atom stereocenters. The quantitative estimate of drug-likeness (QED) is 0.137. The molecule has 12 heteroatoms. The first-order valence-electron chi connectivity index (χ1n) is 19.4. The van der Waals surface area contributed by atoms with Gasteiger partial charge in [-0.1, -0.05) is 18.2 Å². The van der Waals surface area contributed by atoms with Gasteiger partial charge in [-0.2, -0.15) is 10.2 Å². The second-order valence-corrected chi connectivity index (χ2v) is 17.0. The molecule has 4 saturated carbocycles. The molecule has 2 N–H and O–H groups in total. The molecular formula is C42H47N7O4S. The van der Waals surface area contributed by atoms with Crippen molar-refractivity contribution in [3.63, 3.8) is 0 Å². The Morgan fingerprint density at radius 3 is 1.61 bits per heavy atom. The minimum Gasteiger partial charge on any atom is -0.379 e. The van der Waals surface area contributed by atoms with Crippen molar-refractivity contribution < 1.29 is 17.9 Å². The number of sulfonamides is 1. The highest BCUT2D eigenvalue weighted by molar-refractivity contribution is 7.92. The second-order valence-electron chi connectivity index (χ2n) is 15.4. The maximum absolute atomic E-state index is 12.5. The van der Waals surface area contributed by atoms with Crippen molar-refractivity contribution in [3.8, 4) is 11.4 Å². The monoisotopic (exact) mass is 745 g/mol. The lowest BCUT2D eigenvalue weighted by Gasteiger charge is -2.25. The highest BCUT2D eigenvalue weighted by Gasteiger charge is 2.34. The Bertz CT molecular complexity index is 2190. The van der Waals surface area contributed by atoms with Crippen LogP contribution in [0.4, 0.5) is 11.4 Å². The van der Waals surface area contributed by atoms with Gasteiger partial charge in [0.1, 0.15) is 0 Å². The van der Waals surface area contributed by atoms with E-state index in [9.17, 15) is 13.2 Å². The fraction of sp³-hybridized carbons (Fsp3) is 0.405. The van der Waals surface area contributed by atoms with Gasteiger partial charge in [0.05, 0.1) is 47.4 Å². The van der Waals surface area contributed by atoms with E-state index in [0.29, 0.717) is 49.1 Å². The van der Waals surface area contributed by atoms with E-state index in [1.807, 2.05) is 28.9 Å². The van der Waals surface area contributed by atoms with E-state index in [2.05, 4.69) is 43.9 Å². The first-order chi connectivity index (χ1) is 26.4. The average molecular weight is 746 g/mol. The van der Waals surface area contributed by atoms with Crippen LogP contribution >= 0.6 is 0 Å². The predicted molar refractivity (Wildman–Crippen MR) is 208 cm³/mol. The molecule has 5 aromatic rings. The molecule has 5 aliphatic rings. The van der Waals surface area contributed by atoms with Gasteiger partial charge in [-0.15, -0.1) is 0 Å². The van der Waals surface area contributed by atoms with Crippen LogP contribution in [0.15, 0.2) is 95.9 Å². The maximum atomic E-state index is 12.5. The van der Waals surface area contributed by atoms with Crippen LogP contribution in [0, 0.1) is 0 Å². The Labute approximate surface area is 316 Å². The highest BCUT2D eigenvalue weighted by atomic mass is 32.2. The number of hydrogen-bond donors (Lipinski definition) is 2. The van der Waals surface area contributed by atoms with E-state index in [1.54, 1.807) is 42.5 Å². The van der Waals surface area contributed by atoms with E-state index in [0.717, 1.165) is 30.2 Å². The van der Waals surface area contributed by atoms with Crippen molar-refractivity contribution in [1.29, 1.82) is 0 Å². The van der Waals surface area contributed by atoms with Gasteiger partial charge in [-0.05, 0) is 124 Å². The number of hydrogen-bond acceptors (Lipinski definition) is 7. The lowest BCUT2D eigenvalue weighted by Crippen LogP contribution is -2.41. The summed E-state index contributed by atoms with van der Waals surface area (Å²) in [5, 5.41) is 12.7. The van der Waals surface area contributed by atoms with Gasteiger partial charge in [-0.25, -0.2) is 17.8 Å². The number of rotatable bonds is 12. The van der Waals surface area contributed by atoms with Crippen LogP contribution in [0.2, 0.25) is 0 Å². The Morgan fingerprint density at radius 1 is 0.648 bits per heavy atom. The van der Waals surface area contributed by atoms with Crippen molar-refractivity contribution >= 4 is 27.3 Å². The smallest absolute Gasteiger partial charge is 0.261 e. The largest absolute Gasteiger partial charge is 0.379 e. The minimum atomic E-state index is -3.57. The zero-order valence-corrected chi connectivity index (χ0v) is 31.3. The molecule has 2 aromatic heterocycles. The highest BCUT2D eigenvalue weighted by Crippen LogP contribution is 2.46. The molecule has 1 amide bonds. The van der Waals surface area contributed by atoms with Gasteiger partial charge in [0.15, 0.2) is 0 Å². The number of morpholine rings is 1. The Morgan fingerprint density at radius 2 is 1.13 bits per heavy atom. The van der Waals surface area contributed by atoms with Crippen LogP contribution < -0.4 is 10.0 Å². The lowest BCUT2D eigenvalue weighted by atomic mass is 10.2. The number of ether oxygens (including phenoxy) is 1. The molecule has 0 atom stereocenters. The SMILES string of the molecule is O=C(CN1CCOCC1)Nc1ccc(-n2nc(C3CC3)cc2C2CC2)cc1.O=S(=O)(Nc1ccc(-n2nc(C3CC3)cc2C2CC2)cc1)c1ccccc1. The summed E-state index contributed by atoms with van der Waals surface area (Å²) in [5.74, 6) is 2.60. The number of carbonyl (C=O) groups excluding carboxylic acids is 1. The Kier molecular flexibility index (Phi) is 9.58. The minimum absolute atomic E-state index is 0.0263. The molecule has 3 heterocycles. The maximum Gasteiger partial charge on any atom is 0.261 e. The topological polar surface area (TPSA) is 123 Å². The van der Waals surface area contributed by atoms with Gasteiger partial charge in [0, 0.05) is 59.5 Å². The van der Waals surface area contributed by atoms with Gasteiger partial charge in [0.25, 0.3) is 10.0 Å². The number of nitrogens with zero attached hydrogens (tertiary/aromatic N) is 5. The first kappa shape index (κ1) is 35.0. The van der Waals surface area contributed by atoms with Crippen molar-refractivity contribution in [2.24, 2.45) is 0 Å². The van der Waals surface area contributed by atoms with Crippen LogP contribution in [0.5, 0.6) is 0 Å². The molecule has 10 rings (SSSR count). The summed E-state index contributed by atoms with van der Waals surface area (Å²) in [4.78, 5) is 14.6. The molecular weight excluding hydrogens is 699 g/mol. The van der Waals surface area contributed by atoms with Crippen molar-refractivity contribution in [2.45, 2.75) is 79.9 Å². The van der Waals surface area contributed by atoms with E-state index < -0.39 is 10.0 Å². The molecule has 0 spiro atoms. The van der Waals surface area contributed by atoms with Gasteiger partial charge in [0.2, 0.25) is 5.91 Å². The summed E-state index contributed by atoms with van der Waals surface area (Å²) in [5.41, 5.74) is 8.52. The molecule has 4 aliphatic carbocycles. The zero-order valence-electron chi connectivity index (χ0n) is 30.4. The van der Waals surface area contributed by atoms with Crippen LogP contribution in [0.3, 0.4) is 0 Å². The third-order valence-electron chi connectivity index (χ3n) is 10.8. The molecule has 0 bridgehead atoms. The molecule has 11 nitrogen and oxygen atoms in total. The van der Waals surface area contributed by atoms with Crippen molar-refractivity contribution in [2.75, 3.05) is 42.9 Å². The van der Waals surface area contributed by atoms with Gasteiger partial charge >= 0.3 is 0 Å². The van der Waals surface area contributed by atoms with Crippen LogP contribution in [0.1, 0.15) is 97.8 Å². The second kappa shape index (κ2) is 14.8. The average Bonchev–Trinajstić information content (AvgIpc) is 3.97. The molecule has 1 saturated heterocycles. The fourth-order valence-corrected chi connectivity index (χ4v) is 8.15. The predicted octanol–water partition coefficient (Wildman–Crippen LogP) is 7.33. The molecule has 0 radical (unpaired) electrons. The van der Waals surface area contributed by atoms with E-state index in [4.69, 9.17) is 14.9 Å². The summed E-state index contributed by atoms with van der Waals surface area (Å²) in [7, 11) is -3.57. The molecule has 3 aromatic carbocycles. The Balaban J connectivity index is 0.000000142. The van der Waals surface area contributed by atoms with Crippen LogP contribution in [0.25, 0.3) is 11.4 Å². The van der Waals surface area contributed by atoms with E-state index in [-0.39, 0.29) is 10.8 Å². The number of nitrogens with one attached hydrogen (secondary N) is 2. The summed E-state index contributed by atoms with van der Waals surface area (Å²) in [6, 6.07) is 28.5. The lowest BCUT2D eigenvalue weighted by molar-refractivity contribution is -0.118. The standard InChI is InChI=1S/C21H26N4O2.C21H21N3O2S/c26-21(14-24-9-11-27-12-10-24)22-17-5-7-18(8-6-17)25-20(16-3-4-16)13-19(23-25)15-1-2-15;25-27(26,19-4-2-1-3-5-19)23-17-10-12-18(13-11-17)24-21(16-8-9-16)14-20(22-24)15-6-7-15/h5-8,13,15-16H,1-4,9-12,14H2,(H,22,26);1-5,10-16,23H,6-9H2. The molecule has 5 fully saturated rings. The number of benzene rings is 3. The van der Waals surface area contributed by atoms with Crippen LogP contribution in [-0.4, -0.2) is 71.6 Å². The van der Waals surface area contributed by atoms with E-state index >= 15 is 0 Å². The summed E-state index contributed by atoms with van der Waals surface area (Å²) >= 11 is 0. The first-order valence-corrected chi connectivity index (χ1v) is 20.9. The third-order valence-corrected chi connectivity index (χ3v) is 12.2. The van der Waals surface area contributed by atoms with Gasteiger partial charge in [-0.3, -0.25) is 14.4 Å².